The fraction of sp³-hybridized carbons (Fsp3) is 0.353. The van der Waals surface area contributed by atoms with Crippen LogP contribution in [0.1, 0.15) is 35.7 Å². The van der Waals surface area contributed by atoms with Crippen LogP contribution in [-0.2, 0) is 17.8 Å². The van der Waals surface area contributed by atoms with Crippen molar-refractivity contribution in [2.24, 2.45) is 0 Å². The largest absolute Gasteiger partial charge is 0.481 e. The van der Waals surface area contributed by atoms with Gasteiger partial charge in [-0.3, -0.25) is 14.3 Å². The molecule has 6 heteroatoms. The summed E-state index contributed by atoms with van der Waals surface area (Å²) in [5.74, 6) is -1.09. The number of carboxylic acid groups (broad SMARTS) is 1. The Morgan fingerprint density at radius 3 is 2.65 bits per heavy atom. The van der Waals surface area contributed by atoms with E-state index in [1.54, 1.807) is 10.9 Å². The summed E-state index contributed by atoms with van der Waals surface area (Å²) in [4.78, 5) is 23.1. The monoisotopic (exact) mass is 315 g/mol. The average molecular weight is 315 g/mol. The van der Waals surface area contributed by atoms with Gasteiger partial charge in [0.05, 0.1) is 11.8 Å². The molecule has 0 fully saturated rings. The van der Waals surface area contributed by atoms with Crippen LogP contribution in [0.4, 0.5) is 0 Å². The van der Waals surface area contributed by atoms with Gasteiger partial charge in [0.15, 0.2) is 0 Å². The predicted molar refractivity (Wildman–Crippen MR) is 86.2 cm³/mol. The van der Waals surface area contributed by atoms with Gasteiger partial charge in [0.1, 0.15) is 0 Å². The molecule has 1 aromatic heterocycles. The molecule has 6 nitrogen and oxygen atoms in total. The number of nitrogens with zero attached hydrogens (tertiary/aromatic N) is 2. The van der Waals surface area contributed by atoms with Crippen LogP contribution in [0.5, 0.6) is 0 Å². The average Bonchev–Trinajstić information content (AvgIpc) is 3.02. The number of carbonyl (C=O) groups excluding carboxylic acids is 1. The zero-order valence-electron chi connectivity index (χ0n) is 13.1. The fourth-order valence-corrected chi connectivity index (χ4v) is 2.34. The van der Waals surface area contributed by atoms with Crippen LogP contribution in [0.15, 0.2) is 42.7 Å². The van der Waals surface area contributed by atoms with Crippen molar-refractivity contribution in [2.75, 3.05) is 0 Å². The number of aliphatic carboxylic acids is 1. The normalized spacial score (nSPS) is 11.9. The third-order valence-corrected chi connectivity index (χ3v) is 3.59. The number of carboxylic acids is 1. The second kappa shape index (κ2) is 8.12. The number of hydrogen-bond acceptors (Lipinski definition) is 3. The van der Waals surface area contributed by atoms with Crippen molar-refractivity contribution < 1.29 is 14.7 Å². The molecule has 1 heterocycles. The van der Waals surface area contributed by atoms with Crippen molar-refractivity contribution in [3.8, 4) is 0 Å². The molecular formula is C17H21N3O3. The van der Waals surface area contributed by atoms with E-state index in [-0.39, 0.29) is 18.4 Å². The van der Waals surface area contributed by atoms with Gasteiger partial charge in [0, 0.05) is 25.2 Å². The third-order valence-electron chi connectivity index (χ3n) is 3.59. The Labute approximate surface area is 135 Å². The van der Waals surface area contributed by atoms with Crippen LogP contribution in [0.2, 0.25) is 0 Å². The van der Waals surface area contributed by atoms with E-state index < -0.39 is 5.97 Å². The maximum atomic E-state index is 12.3. The van der Waals surface area contributed by atoms with Crippen LogP contribution in [0, 0.1) is 0 Å². The Morgan fingerprint density at radius 1 is 1.30 bits per heavy atom. The van der Waals surface area contributed by atoms with E-state index in [2.05, 4.69) is 10.4 Å². The van der Waals surface area contributed by atoms with E-state index in [1.165, 1.54) is 6.20 Å². The summed E-state index contributed by atoms with van der Waals surface area (Å²) in [6.45, 7) is 2.64. The van der Waals surface area contributed by atoms with Gasteiger partial charge in [-0.2, -0.15) is 5.10 Å². The smallest absolute Gasteiger partial charge is 0.303 e. The molecule has 2 rings (SSSR count). The fourth-order valence-electron chi connectivity index (χ4n) is 2.34. The first-order valence-electron chi connectivity index (χ1n) is 7.67. The first-order valence-corrected chi connectivity index (χ1v) is 7.67. The molecule has 0 saturated carbocycles. The molecule has 23 heavy (non-hydrogen) atoms. The molecule has 0 radical (unpaired) electrons. The minimum atomic E-state index is -0.865. The number of nitrogens with one attached hydrogen (secondary N) is 1. The molecule has 1 unspecified atom stereocenters. The quantitative estimate of drug-likeness (QED) is 0.781. The van der Waals surface area contributed by atoms with Gasteiger partial charge in [-0.25, -0.2) is 0 Å². The molecule has 2 aromatic rings. The van der Waals surface area contributed by atoms with Crippen molar-refractivity contribution in [2.45, 2.75) is 38.8 Å². The summed E-state index contributed by atoms with van der Waals surface area (Å²) in [7, 11) is 0. The molecule has 0 aliphatic rings. The van der Waals surface area contributed by atoms with E-state index in [1.807, 2.05) is 37.3 Å². The Kier molecular flexibility index (Phi) is 5.91. The zero-order chi connectivity index (χ0) is 16.7. The minimum absolute atomic E-state index is 0.0198. The van der Waals surface area contributed by atoms with Crippen molar-refractivity contribution in [3.05, 3.63) is 53.9 Å². The zero-order valence-corrected chi connectivity index (χ0v) is 13.1. The van der Waals surface area contributed by atoms with E-state index in [0.717, 1.165) is 5.56 Å². The molecule has 0 saturated heterocycles. The van der Waals surface area contributed by atoms with E-state index in [4.69, 9.17) is 5.11 Å². The first-order chi connectivity index (χ1) is 11.1. The van der Waals surface area contributed by atoms with E-state index in [9.17, 15) is 9.59 Å². The summed E-state index contributed by atoms with van der Waals surface area (Å²) in [6.07, 6.45) is 4.22. The van der Waals surface area contributed by atoms with E-state index >= 15 is 0 Å². The summed E-state index contributed by atoms with van der Waals surface area (Å²) < 4.78 is 1.68. The summed E-state index contributed by atoms with van der Waals surface area (Å²) in [5, 5.41) is 15.9. The topological polar surface area (TPSA) is 84.2 Å². The highest BCUT2D eigenvalue weighted by Gasteiger charge is 2.17. The summed E-state index contributed by atoms with van der Waals surface area (Å²) in [6, 6.07) is 9.48. The van der Waals surface area contributed by atoms with Crippen molar-refractivity contribution in [1.82, 2.24) is 15.1 Å². The van der Waals surface area contributed by atoms with Crippen LogP contribution in [0.25, 0.3) is 0 Å². The first kappa shape index (κ1) is 16.7. The van der Waals surface area contributed by atoms with Gasteiger partial charge < -0.3 is 10.4 Å². The highest BCUT2D eigenvalue weighted by Crippen LogP contribution is 2.09. The van der Waals surface area contributed by atoms with Crippen LogP contribution >= 0.6 is 0 Å². The molecule has 0 aliphatic carbocycles. The molecule has 1 aromatic carbocycles. The molecule has 0 spiro atoms. The second-order valence-corrected chi connectivity index (χ2v) is 5.38. The van der Waals surface area contributed by atoms with E-state index in [0.29, 0.717) is 24.9 Å². The van der Waals surface area contributed by atoms with Gasteiger partial charge in [-0.1, -0.05) is 30.3 Å². The summed E-state index contributed by atoms with van der Waals surface area (Å²) in [5.41, 5.74) is 1.55. The van der Waals surface area contributed by atoms with Gasteiger partial charge >= 0.3 is 5.97 Å². The molecule has 0 aliphatic heterocycles. The standard InChI is InChI=1S/C17H21N3O3/c1-2-20-12-14(11-18-20)17(23)19-15(8-9-16(21)22)10-13-6-4-3-5-7-13/h3-7,11-12,15H,2,8-10H2,1H3,(H,19,23)(H,21,22). The van der Waals surface area contributed by atoms with Crippen molar-refractivity contribution in [3.63, 3.8) is 0 Å². The van der Waals surface area contributed by atoms with Gasteiger partial charge in [-0.15, -0.1) is 0 Å². The molecule has 2 N–H and O–H groups in total. The van der Waals surface area contributed by atoms with Gasteiger partial charge in [0.25, 0.3) is 5.91 Å². The highest BCUT2D eigenvalue weighted by molar-refractivity contribution is 5.93. The van der Waals surface area contributed by atoms with Crippen molar-refractivity contribution in [1.29, 1.82) is 0 Å². The minimum Gasteiger partial charge on any atom is -0.481 e. The van der Waals surface area contributed by atoms with Crippen LogP contribution in [-0.4, -0.2) is 32.8 Å². The van der Waals surface area contributed by atoms with Gasteiger partial charge in [-0.05, 0) is 25.3 Å². The SMILES string of the molecule is CCn1cc(C(=O)NC(CCC(=O)O)Cc2ccccc2)cn1. The molecule has 0 bridgehead atoms. The maximum Gasteiger partial charge on any atom is 0.303 e. The number of amides is 1. The van der Waals surface area contributed by atoms with Crippen molar-refractivity contribution >= 4 is 11.9 Å². The Bertz CT molecular complexity index is 652. The highest BCUT2D eigenvalue weighted by atomic mass is 16.4. The lowest BCUT2D eigenvalue weighted by Gasteiger charge is -2.18. The predicted octanol–water partition coefficient (Wildman–Crippen LogP) is 2.11. The lowest BCUT2D eigenvalue weighted by molar-refractivity contribution is -0.137. The number of aromatic nitrogens is 2. The number of aryl methyl sites for hydroxylation is 1. The number of benzene rings is 1. The number of hydrogen-bond donors (Lipinski definition) is 2. The molecule has 1 atom stereocenters. The second-order valence-electron chi connectivity index (χ2n) is 5.38. The van der Waals surface area contributed by atoms with Crippen LogP contribution in [0.3, 0.4) is 0 Å². The van der Waals surface area contributed by atoms with Crippen LogP contribution < -0.4 is 5.32 Å². The lowest BCUT2D eigenvalue weighted by Crippen LogP contribution is -2.36. The molecule has 122 valence electrons. The Hall–Kier alpha value is -2.63. The molecular weight excluding hydrogens is 294 g/mol. The third kappa shape index (κ3) is 5.25. The number of rotatable bonds is 8. The lowest BCUT2D eigenvalue weighted by atomic mass is 10.0. The molecule has 1 amide bonds. The Morgan fingerprint density at radius 2 is 2.04 bits per heavy atom. The summed E-state index contributed by atoms with van der Waals surface area (Å²) >= 11 is 0. The number of carbonyl (C=O) groups is 2. The van der Waals surface area contributed by atoms with Gasteiger partial charge in [0.2, 0.25) is 0 Å². The Balaban J connectivity index is 2.03. The maximum absolute atomic E-state index is 12.3.